The highest BCUT2D eigenvalue weighted by Gasteiger charge is 2.22. The number of carbonyl (C=O) groups excluding carboxylic acids is 1. The van der Waals surface area contributed by atoms with Gasteiger partial charge in [-0.25, -0.2) is 8.42 Å². The summed E-state index contributed by atoms with van der Waals surface area (Å²) in [5.41, 5.74) is 0.579. The first-order valence-electron chi connectivity index (χ1n) is 6.62. The molecule has 23 heavy (non-hydrogen) atoms. The molecule has 0 aromatic heterocycles. The first-order chi connectivity index (χ1) is 10.8. The lowest BCUT2D eigenvalue weighted by Crippen LogP contribution is -2.41. The van der Waals surface area contributed by atoms with Crippen LogP contribution >= 0.6 is 27.5 Å². The van der Waals surface area contributed by atoms with Crippen molar-refractivity contribution in [1.29, 1.82) is 0 Å². The number of benzene rings is 2. The SMILES string of the molecule is C[C@H](NS(=O)(=O)c1ccc(Cl)cc1)C(=O)Nc1ccc(Br)cc1. The van der Waals surface area contributed by atoms with Crippen molar-refractivity contribution in [2.45, 2.75) is 17.9 Å². The van der Waals surface area contributed by atoms with Gasteiger partial charge in [0.05, 0.1) is 10.9 Å². The Morgan fingerprint density at radius 3 is 2.22 bits per heavy atom. The maximum atomic E-state index is 12.2. The van der Waals surface area contributed by atoms with Crippen LogP contribution in [-0.2, 0) is 14.8 Å². The molecule has 0 saturated carbocycles. The van der Waals surface area contributed by atoms with Crippen molar-refractivity contribution >= 4 is 49.1 Å². The van der Waals surface area contributed by atoms with Crippen molar-refractivity contribution in [3.05, 3.63) is 58.0 Å². The number of halogens is 2. The standard InChI is InChI=1S/C15H14BrClN2O3S/c1-10(15(20)18-13-6-2-11(16)3-7-13)19-23(21,22)14-8-4-12(17)5-9-14/h2-10,19H,1H3,(H,18,20)/t10-/m0/s1. The summed E-state index contributed by atoms with van der Waals surface area (Å²) in [5, 5.41) is 3.08. The minimum absolute atomic E-state index is 0.0465. The number of carbonyl (C=O) groups is 1. The van der Waals surface area contributed by atoms with Crippen LogP contribution in [0.1, 0.15) is 6.92 Å². The third-order valence-electron chi connectivity index (χ3n) is 2.96. The number of hydrogen-bond acceptors (Lipinski definition) is 3. The Hall–Kier alpha value is -1.41. The monoisotopic (exact) mass is 416 g/mol. The number of rotatable bonds is 5. The molecule has 0 saturated heterocycles. The van der Waals surface area contributed by atoms with Gasteiger partial charge in [0.2, 0.25) is 15.9 Å². The lowest BCUT2D eigenvalue weighted by atomic mass is 10.3. The van der Waals surface area contributed by atoms with E-state index in [0.717, 1.165) is 4.47 Å². The lowest BCUT2D eigenvalue weighted by Gasteiger charge is -2.14. The first-order valence-corrected chi connectivity index (χ1v) is 9.28. The van der Waals surface area contributed by atoms with E-state index in [0.29, 0.717) is 10.7 Å². The van der Waals surface area contributed by atoms with Crippen molar-refractivity contribution in [1.82, 2.24) is 4.72 Å². The van der Waals surface area contributed by atoms with E-state index in [-0.39, 0.29) is 4.90 Å². The van der Waals surface area contributed by atoms with Crippen molar-refractivity contribution in [3.8, 4) is 0 Å². The van der Waals surface area contributed by atoms with Crippen LogP contribution in [0, 0.1) is 0 Å². The number of amides is 1. The molecule has 0 unspecified atom stereocenters. The minimum atomic E-state index is -3.80. The van der Waals surface area contributed by atoms with Crippen molar-refractivity contribution < 1.29 is 13.2 Å². The van der Waals surface area contributed by atoms with E-state index in [4.69, 9.17) is 11.6 Å². The highest BCUT2D eigenvalue weighted by atomic mass is 79.9. The Morgan fingerprint density at radius 1 is 1.09 bits per heavy atom. The molecule has 0 spiro atoms. The first kappa shape index (κ1) is 17.9. The zero-order valence-electron chi connectivity index (χ0n) is 12.1. The molecule has 2 aromatic carbocycles. The fraction of sp³-hybridized carbons (Fsp3) is 0.133. The van der Waals surface area contributed by atoms with Crippen LogP contribution in [0.5, 0.6) is 0 Å². The average Bonchev–Trinajstić information content (AvgIpc) is 2.49. The molecular weight excluding hydrogens is 404 g/mol. The Balaban J connectivity index is 2.05. The molecule has 1 atom stereocenters. The van der Waals surface area contributed by atoms with Crippen LogP contribution in [0.25, 0.3) is 0 Å². The molecule has 0 aliphatic carbocycles. The van der Waals surface area contributed by atoms with Crippen molar-refractivity contribution in [2.75, 3.05) is 5.32 Å². The summed E-state index contributed by atoms with van der Waals surface area (Å²) >= 11 is 9.03. The van der Waals surface area contributed by atoms with Gasteiger partial charge in [-0.15, -0.1) is 0 Å². The van der Waals surface area contributed by atoms with Gasteiger partial charge >= 0.3 is 0 Å². The van der Waals surface area contributed by atoms with E-state index in [1.807, 2.05) is 0 Å². The van der Waals surface area contributed by atoms with Crippen LogP contribution in [0.2, 0.25) is 5.02 Å². The second kappa shape index (κ2) is 7.44. The minimum Gasteiger partial charge on any atom is -0.325 e. The summed E-state index contributed by atoms with van der Waals surface area (Å²) in [7, 11) is -3.80. The summed E-state index contributed by atoms with van der Waals surface area (Å²) < 4.78 is 27.6. The second-order valence-electron chi connectivity index (χ2n) is 4.79. The van der Waals surface area contributed by atoms with E-state index in [1.165, 1.54) is 31.2 Å². The summed E-state index contributed by atoms with van der Waals surface area (Å²) in [4.78, 5) is 12.1. The Labute approximate surface area is 148 Å². The van der Waals surface area contributed by atoms with Crippen LogP contribution in [0.4, 0.5) is 5.69 Å². The van der Waals surface area contributed by atoms with Crippen LogP contribution in [0.3, 0.4) is 0 Å². The van der Waals surface area contributed by atoms with Gasteiger partial charge in [-0.3, -0.25) is 4.79 Å². The maximum absolute atomic E-state index is 12.2. The van der Waals surface area contributed by atoms with Crippen molar-refractivity contribution in [3.63, 3.8) is 0 Å². The van der Waals surface area contributed by atoms with Gasteiger partial charge in [-0.1, -0.05) is 27.5 Å². The summed E-state index contributed by atoms with van der Waals surface area (Å²) in [5.74, 6) is -0.454. The fourth-order valence-corrected chi connectivity index (χ4v) is 3.35. The lowest BCUT2D eigenvalue weighted by molar-refractivity contribution is -0.117. The second-order valence-corrected chi connectivity index (χ2v) is 7.86. The van der Waals surface area contributed by atoms with Gasteiger partial charge in [0.1, 0.15) is 0 Å². The molecule has 2 N–H and O–H groups in total. The highest BCUT2D eigenvalue weighted by Crippen LogP contribution is 2.16. The van der Waals surface area contributed by atoms with E-state index < -0.39 is 22.0 Å². The zero-order chi connectivity index (χ0) is 17.0. The molecule has 0 aliphatic rings. The Kier molecular flexibility index (Phi) is 5.80. The number of hydrogen-bond donors (Lipinski definition) is 2. The van der Waals surface area contributed by atoms with E-state index in [1.54, 1.807) is 24.3 Å². The molecule has 1 amide bonds. The quantitative estimate of drug-likeness (QED) is 0.783. The van der Waals surface area contributed by atoms with Gasteiger partial charge < -0.3 is 5.32 Å². The Bertz CT molecular complexity index is 792. The van der Waals surface area contributed by atoms with Gasteiger partial charge in [0, 0.05) is 15.2 Å². The normalized spacial score (nSPS) is 12.7. The van der Waals surface area contributed by atoms with Crippen molar-refractivity contribution in [2.24, 2.45) is 0 Å². The largest absolute Gasteiger partial charge is 0.325 e. The predicted molar refractivity (Wildman–Crippen MR) is 94.0 cm³/mol. The average molecular weight is 418 g/mol. The molecule has 8 heteroatoms. The summed E-state index contributed by atoms with van der Waals surface area (Å²) in [6, 6.07) is 11.7. The smallest absolute Gasteiger partial charge is 0.242 e. The van der Waals surface area contributed by atoms with Gasteiger partial charge in [0.25, 0.3) is 0 Å². The van der Waals surface area contributed by atoms with Crippen LogP contribution in [0.15, 0.2) is 57.9 Å². The van der Waals surface area contributed by atoms with E-state index in [2.05, 4.69) is 26.0 Å². The number of sulfonamides is 1. The highest BCUT2D eigenvalue weighted by molar-refractivity contribution is 9.10. The molecule has 0 radical (unpaired) electrons. The van der Waals surface area contributed by atoms with Gasteiger partial charge in [-0.2, -0.15) is 4.72 Å². The Morgan fingerprint density at radius 2 is 1.65 bits per heavy atom. The van der Waals surface area contributed by atoms with E-state index in [9.17, 15) is 13.2 Å². The molecule has 2 rings (SSSR count). The zero-order valence-corrected chi connectivity index (χ0v) is 15.2. The predicted octanol–water partition coefficient (Wildman–Crippen LogP) is 3.41. The maximum Gasteiger partial charge on any atom is 0.242 e. The van der Waals surface area contributed by atoms with Gasteiger partial charge in [0.15, 0.2) is 0 Å². The molecule has 2 aromatic rings. The van der Waals surface area contributed by atoms with Crippen LogP contribution < -0.4 is 10.0 Å². The molecule has 5 nitrogen and oxygen atoms in total. The topological polar surface area (TPSA) is 75.3 Å². The summed E-state index contributed by atoms with van der Waals surface area (Å²) in [6.07, 6.45) is 0. The van der Waals surface area contributed by atoms with Gasteiger partial charge in [-0.05, 0) is 55.5 Å². The molecule has 0 bridgehead atoms. The molecule has 0 heterocycles. The summed E-state index contributed by atoms with van der Waals surface area (Å²) in [6.45, 7) is 1.47. The third-order valence-corrected chi connectivity index (χ3v) is 5.30. The molecule has 122 valence electrons. The van der Waals surface area contributed by atoms with E-state index >= 15 is 0 Å². The number of anilines is 1. The molecule has 0 fully saturated rings. The molecular formula is C15H14BrClN2O3S. The molecule has 0 aliphatic heterocycles. The third kappa shape index (κ3) is 5.04. The fourth-order valence-electron chi connectivity index (χ4n) is 1.75. The van der Waals surface area contributed by atoms with Crippen LogP contribution in [-0.4, -0.2) is 20.4 Å². The number of nitrogens with one attached hydrogen (secondary N) is 2.